The first-order valence-electron chi connectivity index (χ1n) is 9.47. The van der Waals surface area contributed by atoms with Gasteiger partial charge in [-0.2, -0.15) is 9.97 Å². The molecule has 0 aliphatic rings. The van der Waals surface area contributed by atoms with Crippen LogP contribution in [-0.4, -0.2) is 44.3 Å². The second-order valence-corrected chi connectivity index (χ2v) is 9.22. The molecule has 32 heavy (non-hydrogen) atoms. The summed E-state index contributed by atoms with van der Waals surface area (Å²) in [6, 6.07) is 17.0. The number of carbonyl (C=O) groups excluding carboxylic acids is 1. The van der Waals surface area contributed by atoms with E-state index in [4.69, 9.17) is 9.47 Å². The van der Waals surface area contributed by atoms with Crippen LogP contribution < -0.4 is 19.5 Å². The van der Waals surface area contributed by atoms with Gasteiger partial charge in [-0.1, -0.05) is 18.2 Å². The fourth-order valence-electron chi connectivity index (χ4n) is 2.57. The van der Waals surface area contributed by atoms with Gasteiger partial charge in [-0.25, -0.2) is 8.42 Å². The lowest BCUT2D eigenvalue weighted by Crippen LogP contribution is -2.15. The predicted molar refractivity (Wildman–Crippen MR) is 123 cm³/mol. The second kappa shape index (κ2) is 10.8. The first kappa shape index (κ1) is 23.4. The quantitative estimate of drug-likeness (QED) is 0.429. The van der Waals surface area contributed by atoms with E-state index in [1.165, 1.54) is 44.6 Å². The van der Waals surface area contributed by atoms with Crippen molar-refractivity contribution in [1.29, 1.82) is 0 Å². The maximum atomic E-state index is 12.7. The molecule has 0 saturated heterocycles. The van der Waals surface area contributed by atoms with Crippen LogP contribution in [0.2, 0.25) is 0 Å². The van der Waals surface area contributed by atoms with Gasteiger partial charge in [-0.05, 0) is 36.4 Å². The van der Waals surface area contributed by atoms with Crippen LogP contribution in [0.25, 0.3) is 0 Å². The van der Waals surface area contributed by atoms with Crippen LogP contribution in [0, 0.1) is 0 Å². The van der Waals surface area contributed by atoms with Crippen molar-refractivity contribution in [3.05, 3.63) is 60.7 Å². The van der Waals surface area contributed by atoms with Crippen LogP contribution in [0.15, 0.2) is 70.5 Å². The van der Waals surface area contributed by atoms with E-state index in [1.807, 2.05) is 30.3 Å². The fourth-order valence-corrected chi connectivity index (χ4v) is 4.43. The maximum absolute atomic E-state index is 12.7. The number of rotatable bonds is 10. The van der Waals surface area contributed by atoms with Gasteiger partial charge in [-0.3, -0.25) is 9.52 Å². The SMILES string of the molecule is COc1cc(NS(=O)(=O)c2ccc(NC(=O)CCSc3ccccc3)cc2)nc(OC)n1. The Morgan fingerprint density at radius 3 is 2.38 bits per heavy atom. The summed E-state index contributed by atoms with van der Waals surface area (Å²) < 4.78 is 37.7. The number of nitrogens with zero attached hydrogens (tertiary/aromatic N) is 2. The monoisotopic (exact) mass is 474 g/mol. The summed E-state index contributed by atoms with van der Waals surface area (Å²) >= 11 is 1.59. The molecule has 0 fully saturated rings. The van der Waals surface area contributed by atoms with E-state index in [-0.39, 0.29) is 28.5 Å². The highest BCUT2D eigenvalue weighted by atomic mass is 32.2. The molecule has 2 N–H and O–H groups in total. The summed E-state index contributed by atoms with van der Waals surface area (Å²) in [5.41, 5.74) is 0.504. The fraction of sp³-hybridized carbons (Fsp3) is 0.190. The first-order chi connectivity index (χ1) is 15.4. The molecule has 0 aliphatic heterocycles. The predicted octanol–water partition coefficient (Wildman–Crippen LogP) is 3.42. The Bertz CT molecular complexity index is 1130. The number of amides is 1. The number of ether oxygens (including phenoxy) is 2. The molecule has 0 radical (unpaired) electrons. The minimum atomic E-state index is -3.92. The van der Waals surface area contributed by atoms with Crippen LogP contribution in [-0.2, 0) is 14.8 Å². The molecule has 1 amide bonds. The number of hydrogen-bond donors (Lipinski definition) is 2. The molecule has 11 heteroatoms. The molecule has 0 saturated carbocycles. The van der Waals surface area contributed by atoms with Crippen molar-refractivity contribution in [3.8, 4) is 11.9 Å². The molecule has 1 heterocycles. The zero-order valence-electron chi connectivity index (χ0n) is 17.4. The normalized spacial score (nSPS) is 10.9. The summed E-state index contributed by atoms with van der Waals surface area (Å²) in [5.74, 6) is 0.639. The van der Waals surface area contributed by atoms with E-state index >= 15 is 0 Å². The summed E-state index contributed by atoms with van der Waals surface area (Å²) in [6.07, 6.45) is 0.332. The number of carbonyl (C=O) groups is 1. The molecule has 9 nitrogen and oxygen atoms in total. The molecule has 168 valence electrons. The van der Waals surface area contributed by atoms with Gasteiger partial charge in [0.1, 0.15) is 0 Å². The van der Waals surface area contributed by atoms with Gasteiger partial charge in [0.15, 0.2) is 5.82 Å². The van der Waals surface area contributed by atoms with Crippen molar-refractivity contribution in [1.82, 2.24) is 9.97 Å². The summed E-state index contributed by atoms with van der Waals surface area (Å²) in [6.45, 7) is 0. The van der Waals surface area contributed by atoms with Crippen molar-refractivity contribution in [2.45, 2.75) is 16.2 Å². The van der Waals surface area contributed by atoms with Crippen molar-refractivity contribution < 1.29 is 22.7 Å². The van der Waals surface area contributed by atoms with Gasteiger partial charge in [0.05, 0.1) is 19.1 Å². The summed E-state index contributed by atoms with van der Waals surface area (Å²) in [4.78, 5) is 21.1. The highest BCUT2D eigenvalue weighted by Crippen LogP contribution is 2.22. The molecule has 2 aromatic carbocycles. The molecular formula is C21H22N4O5S2. The highest BCUT2D eigenvalue weighted by Gasteiger charge is 2.17. The van der Waals surface area contributed by atoms with Gasteiger partial charge >= 0.3 is 6.01 Å². The van der Waals surface area contributed by atoms with Gasteiger partial charge in [0.25, 0.3) is 10.0 Å². The van der Waals surface area contributed by atoms with E-state index < -0.39 is 10.0 Å². The van der Waals surface area contributed by atoms with Gasteiger partial charge in [0, 0.05) is 28.8 Å². The van der Waals surface area contributed by atoms with Gasteiger partial charge in [-0.15, -0.1) is 11.8 Å². The lowest BCUT2D eigenvalue weighted by molar-refractivity contribution is -0.115. The van der Waals surface area contributed by atoms with E-state index in [9.17, 15) is 13.2 Å². The second-order valence-electron chi connectivity index (χ2n) is 6.37. The molecule has 0 unspecified atom stereocenters. The largest absolute Gasteiger partial charge is 0.481 e. The average Bonchev–Trinajstić information content (AvgIpc) is 2.79. The number of aromatic nitrogens is 2. The summed E-state index contributed by atoms with van der Waals surface area (Å²) in [7, 11) is -1.16. The zero-order valence-corrected chi connectivity index (χ0v) is 19.1. The Balaban J connectivity index is 1.58. The third kappa shape index (κ3) is 6.59. The van der Waals surface area contributed by atoms with E-state index in [2.05, 4.69) is 20.0 Å². The molecule has 3 aromatic rings. The Morgan fingerprint density at radius 2 is 1.72 bits per heavy atom. The Labute approximate surface area is 190 Å². The van der Waals surface area contributed by atoms with E-state index in [0.717, 1.165) is 4.90 Å². The molecule has 3 rings (SSSR count). The Kier molecular flexibility index (Phi) is 7.90. The van der Waals surface area contributed by atoms with Gasteiger partial charge in [0.2, 0.25) is 11.8 Å². The first-order valence-corrected chi connectivity index (χ1v) is 11.9. The number of anilines is 2. The van der Waals surface area contributed by atoms with Crippen molar-refractivity contribution in [2.24, 2.45) is 0 Å². The lowest BCUT2D eigenvalue weighted by atomic mass is 10.3. The average molecular weight is 475 g/mol. The third-order valence-electron chi connectivity index (χ3n) is 4.10. The van der Waals surface area contributed by atoms with E-state index in [1.54, 1.807) is 11.8 Å². The van der Waals surface area contributed by atoms with Crippen LogP contribution >= 0.6 is 11.8 Å². The number of thioether (sulfide) groups is 1. The molecule has 0 bridgehead atoms. The molecule has 0 spiro atoms. The third-order valence-corrected chi connectivity index (χ3v) is 6.49. The molecular weight excluding hydrogens is 452 g/mol. The van der Waals surface area contributed by atoms with Crippen LogP contribution in [0.3, 0.4) is 0 Å². The summed E-state index contributed by atoms with van der Waals surface area (Å²) in [5, 5.41) is 2.77. The zero-order chi connectivity index (χ0) is 23.0. The van der Waals surface area contributed by atoms with Crippen molar-refractivity contribution in [2.75, 3.05) is 30.0 Å². The number of nitrogens with one attached hydrogen (secondary N) is 2. The van der Waals surface area contributed by atoms with Gasteiger partial charge < -0.3 is 14.8 Å². The van der Waals surface area contributed by atoms with Crippen molar-refractivity contribution >= 4 is 39.2 Å². The van der Waals surface area contributed by atoms with Crippen LogP contribution in [0.1, 0.15) is 6.42 Å². The molecule has 0 atom stereocenters. The smallest absolute Gasteiger partial charge is 0.321 e. The number of sulfonamides is 1. The number of benzene rings is 2. The minimum Gasteiger partial charge on any atom is -0.481 e. The Hall–Kier alpha value is -3.31. The highest BCUT2D eigenvalue weighted by molar-refractivity contribution is 7.99. The van der Waals surface area contributed by atoms with Crippen LogP contribution in [0.4, 0.5) is 11.5 Å². The number of hydrogen-bond acceptors (Lipinski definition) is 8. The number of methoxy groups -OCH3 is 2. The minimum absolute atomic E-state index is 0.00185. The van der Waals surface area contributed by atoms with Crippen LogP contribution in [0.5, 0.6) is 11.9 Å². The Morgan fingerprint density at radius 1 is 1.00 bits per heavy atom. The van der Waals surface area contributed by atoms with Crippen molar-refractivity contribution in [3.63, 3.8) is 0 Å². The topological polar surface area (TPSA) is 120 Å². The molecule has 0 aliphatic carbocycles. The van der Waals surface area contributed by atoms with E-state index in [0.29, 0.717) is 17.9 Å². The maximum Gasteiger partial charge on any atom is 0.321 e. The molecule has 1 aromatic heterocycles. The standard InChI is InChI=1S/C21H22N4O5S2/c1-29-20-14-18(23-21(24-20)30-2)25-32(27,28)17-10-8-15(9-11-17)22-19(26)12-13-31-16-6-4-3-5-7-16/h3-11,14H,12-13H2,1-2H3,(H,22,26)(H,23,24,25). The lowest BCUT2D eigenvalue weighted by Gasteiger charge is -2.10.